The number of anilines is 1. The molecule has 0 bridgehead atoms. The van der Waals surface area contributed by atoms with Gasteiger partial charge in [-0.15, -0.1) is 0 Å². The van der Waals surface area contributed by atoms with Crippen molar-refractivity contribution in [2.24, 2.45) is 0 Å². The van der Waals surface area contributed by atoms with Crippen LogP contribution in [0.25, 0.3) is 0 Å². The van der Waals surface area contributed by atoms with Crippen LogP contribution >= 0.6 is 15.9 Å². The minimum atomic E-state index is -3.00. The van der Waals surface area contributed by atoms with Crippen LogP contribution in [0.4, 0.5) is 14.5 Å². The SMILES string of the molecule is CC(F)(F)CC(=O)Nc1cncc(Br)c1. The summed E-state index contributed by atoms with van der Waals surface area (Å²) in [7, 11) is 0. The molecule has 0 fully saturated rings. The lowest BCUT2D eigenvalue weighted by Crippen LogP contribution is -2.22. The maximum atomic E-state index is 12.5. The summed E-state index contributed by atoms with van der Waals surface area (Å²) < 4.78 is 25.6. The molecule has 0 radical (unpaired) electrons. The maximum Gasteiger partial charge on any atom is 0.254 e. The third-order valence-corrected chi connectivity index (χ3v) is 1.89. The molecule has 1 N–H and O–H groups in total. The first-order valence-electron chi connectivity index (χ1n) is 4.15. The monoisotopic (exact) mass is 278 g/mol. The molecule has 0 unspecified atom stereocenters. The molecule has 0 spiro atoms. The van der Waals surface area contributed by atoms with Crippen LogP contribution in [0, 0.1) is 0 Å². The van der Waals surface area contributed by atoms with Gasteiger partial charge in [-0.1, -0.05) is 0 Å². The molecule has 1 aromatic heterocycles. The average Bonchev–Trinajstić information content (AvgIpc) is 1.99. The van der Waals surface area contributed by atoms with Crippen molar-refractivity contribution in [1.82, 2.24) is 4.98 Å². The highest BCUT2D eigenvalue weighted by Gasteiger charge is 2.25. The normalized spacial score (nSPS) is 11.2. The van der Waals surface area contributed by atoms with Crippen molar-refractivity contribution in [2.75, 3.05) is 5.32 Å². The zero-order valence-corrected chi connectivity index (χ0v) is 9.51. The quantitative estimate of drug-likeness (QED) is 0.924. The lowest BCUT2D eigenvalue weighted by Gasteiger charge is -2.10. The van der Waals surface area contributed by atoms with Gasteiger partial charge in [-0.25, -0.2) is 8.78 Å². The Labute approximate surface area is 94.0 Å². The van der Waals surface area contributed by atoms with Gasteiger partial charge in [-0.05, 0) is 28.9 Å². The first-order valence-corrected chi connectivity index (χ1v) is 4.94. The fourth-order valence-corrected chi connectivity index (χ4v) is 1.33. The Bertz CT molecular complexity index is 365. The van der Waals surface area contributed by atoms with E-state index in [9.17, 15) is 13.6 Å². The number of carbonyl (C=O) groups excluding carboxylic acids is 1. The molecule has 82 valence electrons. The first kappa shape index (κ1) is 12.0. The predicted octanol–water partition coefficient (Wildman–Crippen LogP) is 2.83. The molecular formula is C9H9BrF2N2O. The molecule has 0 aliphatic rings. The Morgan fingerprint density at radius 1 is 1.60 bits per heavy atom. The van der Waals surface area contributed by atoms with Crippen molar-refractivity contribution in [3.05, 3.63) is 22.9 Å². The zero-order chi connectivity index (χ0) is 11.5. The molecule has 0 saturated heterocycles. The van der Waals surface area contributed by atoms with E-state index in [1.807, 2.05) is 0 Å². The van der Waals surface area contributed by atoms with E-state index < -0.39 is 18.3 Å². The van der Waals surface area contributed by atoms with Gasteiger partial charge in [0.15, 0.2) is 0 Å². The number of halogens is 3. The van der Waals surface area contributed by atoms with E-state index in [1.165, 1.54) is 12.4 Å². The summed E-state index contributed by atoms with van der Waals surface area (Å²) in [6, 6.07) is 1.58. The Morgan fingerprint density at radius 2 is 2.27 bits per heavy atom. The smallest absolute Gasteiger partial charge is 0.254 e. The number of hydrogen-bond donors (Lipinski definition) is 1. The van der Waals surface area contributed by atoms with Crippen molar-refractivity contribution in [1.29, 1.82) is 0 Å². The van der Waals surface area contributed by atoms with Gasteiger partial charge in [0.2, 0.25) is 5.91 Å². The summed E-state index contributed by atoms with van der Waals surface area (Å²) in [5.74, 6) is -3.73. The molecule has 6 heteroatoms. The van der Waals surface area contributed by atoms with E-state index in [1.54, 1.807) is 6.07 Å². The van der Waals surface area contributed by atoms with Gasteiger partial charge in [-0.3, -0.25) is 9.78 Å². The number of amides is 1. The van der Waals surface area contributed by atoms with Crippen LogP contribution in [-0.4, -0.2) is 16.8 Å². The lowest BCUT2D eigenvalue weighted by atomic mass is 10.2. The van der Waals surface area contributed by atoms with Gasteiger partial charge in [0.1, 0.15) is 0 Å². The van der Waals surface area contributed by atoms with Gasteiger partial charge in [0, 0.05) is 10.7 Å². The summed E-state index contributed by atoms with van der Waals surface area (Å²) in [6.07, 6.45) is 2.08. The molecule has 15 heavy (non-hydrogen) atoms. The van der Waals surface area contributed by atoms with Crippen LogP contribution in [0.1, 0.15) is 13.3 Å². The lowest BCUT2D eigenvalue weighted by molar-refractivity contribution is -0.122. The summed E-state index contributed by atoms with van der Waals surface area (Å²) in [4.78, 5) is 14.9. The minimum Gasteiger partial charge on any atom is -0.325 e. The molecule has 3 nitrogen and oxygen atoms in total. The van der Waals surface area contributed by atoms with Crippen molar-refractivity contribution in [3.63, 3.8) is 0 Å². The van der Waals surface area contributed by atoms with Gasteiger partial charge in [-0.2, -0.15) is 0 Å². The fraction of sp³-hybridized carbons (Fsp3) is 0.333. The van der Waals surface area contributed by atoms with Gasteiger partial charge in [0.25, 0.3) is 5.92 Å². The van der Waals surface area contributed by atoms with Gasteiger partial charge >= 0.3 is 0 Å². The molecule has 1 rings (SSSR count). The number of hydrogen-bond acceptors (Lipinski definition) is 2. The summed E-state index contributed by atoms with van der Waals surface area (Å²) in [5.41, 5.74) is 0.388. The maximum absolute atomic E-state index is 12.5. The van der Waals surface area contributed by atoms with E-state index in [0.29, 0.717) is 17.1 Å². The number of rotatable bonds is 3. The third kappa shape index (κ3) is 4.83. The van der Waals surface area contributed by atoms with Gasteiger partial charge < -0.3 is 5.32 Å². The predicted molar refractivity (Wildman–Crippen MR) is 55.8 cm³/mol. The molecule has 0 aromatic carbocycles. The Balaban J connectivity index is 2.59. The van der Waals surface area contributed by atoms with E-state index in [4.69, 9.17) is 0 Å². The standard InChI is InChI=1S/C9H9BrF2N2O/c1-9(11,12)3-8(15)14-7-2-6(10)4-13-5-7/h2,4-5H,3H2,1H3,(H,14,15). The minimum absolute atomic E-state index is 0.388. The second-order valence-corrected chi connectivity index (χ2v) is 4.10. The fourth-order valence-electron chi connectivity index (χ4n) is 0.967. The summed E-state index contributed by atoms with van der Waals surface area (Å²) in [6.45, 7) is 0.700. The first-order chi connectivity index (χ1) is 6.87. The molecule has 0 saturated carbocycles. The van der Waals surface area contributed by atoms with Crippen molar-refractivity contribution in [3.8, 4) is 0 Å². The molecule has 0 aliphatic heterocycles. The highest BCUT2D eigenvalue weighted by atomic mass is 79.9. The highest BCUT2D eigenvalue weighted by molar-refractivity contribution is 9.10. The van der Waals surface area contributed by atoms with Crippen LogP contribution in [0.2, 0.25) is 0 Å². The number of nitrogens with zero attached hydrogens (tertiary/aromatic N) is 1. The molecule has 1 heterocycles. The molecular weight excluding hydrogens is 270 g/mol. The molecule has 0 atom stereocenters. The third-order valence-electron chi connectivity index (χ3n) is 1.46. The number of aromatic nitrogens is 1. The Kier molecular flexibility index (Phi) is 3.73. The van der Waals surface area contributed by atoms with Crippen LogP contribution < -0.4 is 5.32 Å². The summed E-state index contributed by atoms with van der Waals surface area (Å²) in [5, 5.41) is 2.33. The van der Waals surface area contributed by atoms with Crippen LogP contribution in [-0.2, 0) is 4.79 Å². The topological polar surface area (TPSA) is 42.0 Å². The summed E-state index contributed by atoms with van der Waals surface area (Å²) >= 11 is 3.15. The second-order valence-electron chi connectivity index (χ2n) is 3.19. The van der Waals surface area contributed by atoms with Gasteiger partial charge in [0.05, 0.1) is 18.3 Å². The van der Waals surface area contributed by atoms with E-state index in [0.717, 1.165) is 0 Å². The molecule has 1 aromatic rings. The van der Waals surface area contributed by atoms with E-state index >= 15 is 0 Å². The van der Waals surface area contributed by atoms with Crippen LogP contribution in [0.15, 0.2) is 22.9 Å². The number of alkyl halides is 2. The number of pyridine rings is 1. The van der Waals surface area contributed by atoms with Crippen LogP contribution in [0.5, 0.6) is 0 Å². The largest absolute Gasteiger partial charge is 0.325 e. The Hall–Kier alpha value is -1.04. The second kappa shape index (κ2) is 4.65. The highest BCUT2D eigenvalue weighted by Crippen LogP contribution is 2.18. The Morgan fingerprint density at radius 3 is 2.80 bits per heavy atom. The van der Waals surface area contributed by atoms with Crippen molar-refractivity contribution < 1.29 is 13.6 Å². The number of carbonyl (C=O) groups is 1. The number of nitrogens with one attached hydrogen (secondary N) is 1. The zero-order valence-electron chi connectivity index (χ0n) is 7.93. The van der Waals surface area contributed by atoms with Crippen LogP contribution in [0.3, 0.4) is 0 Å². The average molecular weight is 279 g/mol. The van der Waals surface area contributed by atoms with E-state index in [2.05, 4.69) is 26.2 Å². The molecule has 1 amide bonds. The van der Waals surface area contributed by atoms with E-state index in [-0.39, 0.29) is 0 Å². The van der Waals surface area contributed by atoms with Crippen molar-refractivity contribution in [2.45, 2.75) is 19.3 Å². The van der Waals surface area contributed by atoms with Crippen molar-refractivity contribution >= 4 is 27.5 Å². The molecule has 0 aliphatic carbocycles.